The quantitative estimate of drug-likeness (QED) is 0.725. The minimum atomic E-state index is -0.136. The fourth-order valence-corrected chi connectivity index (χ4v) is 2.25. The number of benzene rings is 2. The molecule has 100 valence electrons. The zero-order valence-corrected chi connectivity index (χ0v) is 11.0. The second kappa shape index (κ2) is 4.74. The molecular weight excluding hydrogens is 252 g/mol. The van der Waals surface area contributed by atoms with Crippen molar-refractivity contribution >= 4 is 22.5 Å². The average molecular weight is 266 g/mol. The largest absolute Gasteiger partial charge is 0.497 e. The van der Waals surface area contributed by atoms with Crippen LogP contribution in [-0.2, 0) is 0 Å². The molecule has 2 aromatic carbocycles. The van der Waals surface area contributed by atoms with E-state index in [1.165, 1.54) is 0 Å². The highest BCUT2D eigenvalue weighted by molar-refractivity contribution is 6.05. The van der Waals surface area contributed by atoms with Gasteiger partial charge in [-0.05, 0) is 36.4 Å². The van der Waals surface area contributed by atoms with E-state index in [0.717, 1.165) is 16.7 Å². The first-order valence-corrected chi connectivity index (χ1v) is 6.25. The smallest absolute Gasteiger partial charge is 0.264 e. The zero-order valence-electron chi connectivity index (χ0n) is 11.0. The fourth-order valence-electron chi connectivity index (χ4n) is 2.25. The molecule has 4 heteroatoms. The van der Waals surface area contributed by atoms with Crippen molar-refractivity contribution < 1.29 is 9.53 Å². The standard InChI is InChI=1S/C16H14N2O2/c1-20-12-6-7-15-11(10-12)8-9-18(15)16(19)13-4-2-3-5-14(13)17/h2-10H,17H2,1H3. The zero-order chi connectivity index (χ0) is 14.1. The number of hydrogen-bond acceptors (Lipinski definition) is 3. The lowest BCUT2D eigenvalue weighted by Crippen LogP contribution is -2.12. The van der Waals surface area contributed by atoms with Gasteiger partial charge in [-0.2, -0.15) is 0 Å². The number of anilines is 1. The van der Waals surface area contributed by atoms with Crippen LogP contribution in [-0.4, -0.2) is 17.6 Å². The highest BCUT2D eigenvalue weighted by atomic mass is 16.5. The van der Waals surface area contributed by atoms with Gasteiger partial charge in [-0.15, -0.1) is 0 Å². The van der Waals surface area contributed by atoms with Crippen molar-refractivity contribution in [3.8, 4) is 5.75 Å². The summed E-state index contributed by atoms with van der Waals surface area (Å²) in [5, 5.41) is 0.951. The molecule has 0 spiro atoms. The number of nitrogen functional groups attached to an aromatic ring is 1. The van der Waals surface area contributed by atoms with E-state index in [-0.39, 0.29) is 5.91 Å². The second-order valence-electron chi connectivity index (χ2n) is 4.50. The molecule has 3 aromatic rings. The summed E-state index contributed by atoms with van der Waals surface area (Å²) in [6, 6.07) is 14.5. The maximum absolute atomic E-state index is 12.5. The molecule has 3 rings (SSSR count). The Bertz CT molecular complexity index is 790. The monoisotopic (exact) mass is 266 g/mol. The highest BCUT2D eigenvalue weighted by Gasteiger charge is 2.13. The molecule has 0 amide bonds. The summed E-state index contributed by atoms with van der Waals surface area (Å²) < 4.78 is 6.78. The number of para-hydroxylation sites is 1. The first-order valence-electron chi connectivity index (χ1n) is 6.25. The minimum absolute atomic E-state index is 0.136. The molecule has 0 aliphatic carbocycles. The van der Waals surface area contributed by atoms with Crippen LogP contribution in [0, 0.1) is 0 Å². The lowest BCUT2D eigenvalue weighted by molar-refractivity contribution is 0.0966. The third-order valence-corrected chi connectivity index (χ3v) is 3.31. The van der Waals surface area contributed by atoms with Crippen molar-refractivity contribution in [3.63, 3.8) is 0 Å². The molecule has 0 aliphatic rings. The van der Waals surface area contributed by atoms with Crippen molar-refractivity contribution in [1.29, 1.82) is 0 Å². The van der Waals surface area contributed by atoms with Gasteiger partial charge in [-0.25, -0.2) is 0 Å². The van der Waals surface area contributed by atoms with Gasteiger partial charge in [0.15, 0.2) is 0 Å². The van der Waals surface area contributed by atoms with E-state index in [0.29, 0.717) is 11.3 Å². The molecule has 0 fully saturated rings. The third-order valence-electron chi connectivity index (χ3n) is 3.31. The van der Waals surface area contributed by atoms with Gasteiger partial charge in [0, 0.05) is 17.3 Å². The Morgan fingerprint density at radius 2 is 1.95 bits per heavy atom. The lowest BCUT2D eigenvalue weighted by Gasteiger charge is -2.07. The number of carbonyl (C=O) groups excluding carboxylic acids is 1. The van der Waals surface area contributed by atoms with Crippen molar-refractivity contribution in [1.82, 2.24) is 4.57 Å². The van der Waals surface area contributed by atoms with Crippen molar-refractivity contribution in [2.45, 2.75) is 0 Å². The number of hydrogen-bond donors (Lipinski definition) is 1. The Hall–Kier alpha value is -2.75. The first-order chi connectivity index (χ1) is 9.70. The molecule has 0 radical (unpaired) electrons. The van der Waals surface area contributed by atoms with Crippen LogP contribution in [0.2, 0.25) is 0 Å². The third kappa shape index (κ3) is 1.91. The van der Waals surface area contributed by atoms with Crippen LogP contribution in [0.4, 0.5) is 5.69 Å². The van der Waals surface area contributed by atoms with E-state index in [9.17, 15) is 4.79 Å². The Morgan fingerprint density at radius 3 is 2.70 bits per heavy atom. The van der Waals surface area contributed by atoms with Gasteiger partial charge in [0.1, 0.15) is 5.75 Å². The van der Waals surface area contributed by atoms with Gasteiger partial charge in [0.05, 0.1) is 18.2 Å². The van der Waals surface area contributed by atoms with Crippen LogP contribution in [0.15, 0.2) is 54.7 Å². The second-order valence-corrected chi connectivity index (χ2v) is 4.50. The summed E-state index contributed by atoms with van der Waals surface area (Å²) >= 11 is 0. The normalized spacial score (nSPS) is 10.7. The van der Waals surface area contributed by atoms with Crippen LogP contribution >= 0.6 is 0 Å². The molecule has 4 nitrogen and oxygen atoms in total. The molecule has 0 atom stereocenters. The predicted molar refractivity (Wildman–Crippen MR) is 79.1 cm³/mol. The summed E-state index contributed by atoms with van der Waals surface area (Å²) in [4.78, 5) is 12.5. The molecule has 0 saturated heterocycles. The summed E-state index contributed by atoms with van der Waals surface area (Å²) in [7, 11) is 1.62. The number of rotatable bonds is 2. The van der Waals surface area contributed by atoms with Crippen molar-refractivity contribution in [3.05, 3.63) is 60.3 Å². The summed E-state index contributed by atoms with van der Waals surface area (Å²) in [6.45, 7) is 0. The number of aromatic nitrogens is 1. The average Bonchev–Trinajstić information content (AvgIpc) is 2.90. The van der Waals surface area contributed by atoms with Crippen LogP contribution < -0.4 is 10.5 Å². The number of methoxy groups -OCH3 is 1. The molecule has 20 heavy (non-hydrogen) atoms. The maximum Gasteiger partial charge on any atom is 0.264 e. The SMILES string of the molecule is COc1ccc2c(ccn2C(=O)c2ccccc2N)c1. The van der Waals surface area contributed by atoms with Gasteiger partial charge < -0.3 is 10.5 Å². The van der Waals surface area contributed by atoms with E-state index in [4.69, 9.17) is 10.5 Å². The molecule has 0 unspecified atom stereocenters. The van der Waals surface area contributed by atoms with Crippen LogP contribution in [0.3, 0.4) is 0 Å². The Morgan fingerprint density at radius 1 is 1.15 bits per heavy atom. The Kier molecular flexibility index (Phi) is 2.91. The first kappa shape index (κ1) is 12.3. The van der Waals surface area contributed by atoms with Gasteiger partial charge in [-0.3, -0.25) is 9.36 Å². The van der Waals surface area contributed by atoms with Gasteiger partial charge in [0.25, 0.3) is 5.91 Å². The van der Waals surface area contributed by atoms with E-state index in [2.05, 4.69) is 0 Å². The van der Waals surface area contributed by atoms with Crippen LogP contribution in [0.25, 0.3) is 10.9 Å². The molecule has 0 bridgehead atoms. The highest BCUT2D eigenvalue weighted by Crippen LogP contribution is 2.23. The molecule has 1 aromatic heterocycles. The van der Waals surface area contributed by atoms with E-state index < -0.39 is 0 Å². The van der Waals surface area contributed by atoms with Crippen LogP contribution in [0.1, 0.15) is 10.4 Å². The van der Waals surface area contributed by atoms with Gasteiger partial charge >= 0.3 is 0 Å². The van der Waals surface area contributed by atoms with Gasteiger partial charge in [-0.1, -0.05) is 12.1 Å². The summed E-state index contributed by atoms with van der Waals surface area (Å²) in [5.41, 5.74) is 7.68. The Labute approximate surface area is 116 Å². The van der Waals surface area contributed by atoms with Crippen molar-refractivity contribution in [2.75, 3.05) is 12.8 Å². The molecule has 2 N–H and O–H groups in total. The maximum atomic E-state index is 12.5. The number of nitrogens with zero attached hydrogens (tertiary/aromatic N) is 1. The fraction of sp³-hybridized carbons (Fsp3) is 0.0625. The number of nitrogens with two attached hydrogens (primary N) is 1. The van der Waals surface area contributed by atoms with Crippen LogP contribution in [0.5, 0.6) is 5.75 Å². The predicted octanol–water partition coefficient (Wildman–Crippen LogP) is 2.92. The van der Waals surface area contributed by atoms with Crippen molar-refractivity contribution in [2.24, 2.45) is 0 Å². The lowest BCUT2D eigenvalue weighted by atomic mass is 10.1. The topological polar surface area (TPSA) is 57.2 Å². The number of ether oxygens (including phenoxy) is 1. The minimum Gasteiger partial charge on any atom is -0.497 e. The van der Waals surface area contributed by atoms with E-state index in [1.807, 2.05) is 30.3 Å². The van der Waals surface area contributed by atoms with E-state index in [1.54, 1.807) is 36.1 Å². The summed E-state index contributed by atoms with van der Waals surface area (Å²) in [6.07, 6.45) is 1.75. The number of carbonyl (C=O) groups is 1. The van der Waals surface area contributed by atoms with Gasteiger partial charge in [0.2, 0.25) is 0 Å². The van der Waals surface area contributed by atoms with E-state index >= 15 is 0 Å². The molecule has 1 heterocycles. The Balaban J connectivity index is 2.11. The molecule has 0 aliphatic heterocycles. The summed E-state index contributed by atoms with van der Waals surface area (Å²) in [5.74, 6) is 0.630. The molecular formula is C16H14N2O2. The molecule has 0 saturated carbocycles. The number of fused-ring (bicyclic) bond motifs is 1.